The van der Waals surface area contributed by atoms with Crippen molar-refractivity contribution in [2.45, 2.75) is 0 Å². The molecule has 0 unspecified atom stereocenters. The SMILES string of the molecule is CN(CCOc1cc(F)cc(Br)c1)S(C)(=O)=O. The maximum atomic E-state index is 13.0. The molecule has 4 nitrogen and oxygen atoms in total. The first kappa shape index (κ1) is 14.4. The van der Waals surface area contributed by atoms with E-state index in [1.165, 1.54) is 23.5 Å². The van der Waals surface area contributed by atoms with Crippen LogP contribution in [0.2, 0.25) is 0 Å². The van der Waals surface area contributed by atoms with Crippen molar-refractivity contribution in [2.75, 3.05) is 26.5 Å². The molecular weight excluding hydrogens is 313 g/mol. The summed E-state index contributed by atoms with van der Waals surface area (Å²) < 4.78 is 42.2. The van der Waals surface area contributed by atoms with Gasteiger partial charge in [0, 0.05) is 24.1 Å². The quantitative estimate of drug-likeness (QED) is 0.830. The number of rotatable bonds is 5. The molecule has 0 bridgehead atoms. The average molecular weight is 326 g/mol. The van der Waals surface area contributed by atoms with Crippen LogP contribution in [0, 0.1) is 5.82 Å². The Morgan fingerprint density at radius 2 is 2.06 bits per heavy atom. The molecule has 17 heavy (non-hydrogen) atoms. The van der Waals surface area contributed by atoms with E-state index in [9.17, 15) is 12.8 Å². The molecule has 0 atom stereocenters. The number of likely N-dealkylation sites (N-methyl/N-ethyl adjacent to an activating group) is 1. The molecule has 0 fully saturated rings. The van der Waals surface area contributed by atoms with Gasteiger partial charge in [-0.05, 0) is 12.1 Å². The van der Waals surface area contributed by atoms with E-state index in [1.54, 1.807) is 6.07 Å². The second-order valence-electron chi connectivity index (χ2n) is 3.54. The Labute approximate surface area is 109 Å². The predicted octanol–water partition coefficient (Wildman–Crippen LogP) is 1.86. The van der Waals surface area contributed by atoms with E-state index in [1.807, 2.05) is 0 Å². The van der Waals surface area contributed by atoms with Crippen LogP contribution in [0.1, 0.15) is 0 Å². The molecule has 0 aromatic heterocycles. The number of benzene rings is 1. The highest BCUT2D eigenvalue weighted by molar-refractivity contribution is 9.10. The van der Waals surface area contributed by atoms with Crippen LogP contribution in [0.15, 0.2) is 22.7 Å². The van der Waals surface area contributed by atoms with Crippen molar-refractivity contribution in [3.05, 3.63) is 28.5 Å². The van der Waals surface area contributed by atoms with Gasteiger partial charge in [-0.25, -0.2) is 17.1 Å². The van der Waals surface area contributed by atoms with Crippen molar-refractivity contribution < 1.29 is 17.5 Å². The fourth-order valence-electron chi connectivity index (χ4n) is 1.07. The number of halogens is 2. The van der Waals surface area contributed by atoms with Crippen molar-refractivity contribution in [2.24, 2.45) is 0 Å². The summed E-state index contributed by atoms with van der Waals surface area (Å²) in [5.41, 5.74) is 0. The molecule has 0 spiro atoms. The van der Waals surface area contributed by atoms with Gasteiger partial charge in [0.15, 0.2) is 0 Å². The van der Waals surface area contributed by atoms with E-state index in [0.29, 0.717) is 10.2 Å². The summed E-state index contributed by atoms with van der Waals surface area (Å²) in [6.07, 6.45) is 1.12. The largest absolute Gasteiger partial charge is 0.492 e. The van der Waals surface area contributed by atoms with Crippen LogP contribution in [-0.4, -0.2) is 39.2 Å². The van der Waals surface area contributed by atoms with Gasteiger partial charge in [0.2, 0.25) is 10.0 Å². The highest BCUT2D eigenvalue weighted by Gasteiger charge is 2.10. The first-order chi connectivity index (χ1) is 7.79. The van der Waals surface area contributed by atoms with Gasteiger partial charge in [0.05, 0.1) is 6.26 Å². The number of ether oxygens (including phenoxy) is 1. The second kappa shape index (κ2) is 5.79. The van der Waals surface area contributed by atoms with Crippen molar-refractivity contribution >= 4 is 26.0 Å². The van der Waals surface area contributed by atoms with Crippen molar-refractivity contribution in [1.82, 2.24) is 4.31 Å². The Bertz CT molecular complexity index is 472. The molecule has 0 saturated carbocycles. The zero-order valence-electron chi connectivity index (χ0n) is 9.48. The molecule has 0 heterocycles. The lowest BCUT2D eigenvalue weighted by molar-refractivity contribution is 0.286. The lowest BCUT2D eigenvalue weighted by atomic mass is 10.3. The summed E-state index contributed by atoms with van der Waals surface area (Å²) in [7, 11) is -1.75. The van der Waals surface area contributed by atoms with Crippen molar-refractivity contribution in [1.29, 1.82) is 0 Å². The second-order valence-corrected chi connectivity index (χ2v) is 6.54. The van der Waals surface area contributed by atoms with Gasteiger partial charge in [-0.1, -0.05) is 15.9 Å². The third kappa shape index (κ3) is 5.01. The van der Waals surface area contributed by atoms with Gasteiger partial charge >= 0.3 is 0 Å². The van der Waals surface area contributed by atoms with Crippen LogP contribution in [0.5, 0.6) is 5.75 Å². The standard InChI is InChI=1S/C10H13BrFNO3S/c1-13(17(2,14)15)3-4-16-10-6-8(11)5-9(12)7-10/h5-7H,3-4H2,1-2H3. The van der Waals surface area contributed by atoms with Crippen LogP contribution in [0.3, 0.4) is 0 Å². The average Bonchev–Trinajstić information content (AvgIpc) is 2.14. The minimum atomic E-state index is -3.20. The van der Waals surface area contributed by atoms with Crippen LogP contribution in [0.25, 0.3) is 0 Å². The first-order valence-electron chi connectivity index (χ1n) is 4.79. The van der Waals surface area contributed by atoms with Crippen LogP contribution in [0.4, 0.5) is 4.39 Å². The minimum Gasteiger partial charge on any atom is -0.492 e. The molecular formula is C10H13BrFNO3S. The lowest BCUT2D eigenvalue weighted by Crippen LogP contribution is -2.29. The predicted molar refractivity (Wildman–Crippen MR) is 67.1 cm³/mol. The van der Waals surface area contributed by atoms with Crippen molar-refractivity contribution in [3.8, 4) is 5.75 Å². The van der Waals surface area contributed by atoms with Gasteiger partial charge in [0.1, 0.15) is 18.2 Å². The highest BCUT2D eigenvalue weighted by atomic mass is 79.9. The number of sulfonamides is 1. The summed E-state index contributed by atoms with van der Waals surface area (Å²) in [6, 6.07) is 4.17. The summed E-state index contributed by atoms with van der Waals surface area (Å²) in [5, 5.41) is 0. The molecule has 0 N–H and O–H groups in total. The fourth-order valence-corrected chi connectivity index (χ4v) is 1.92. The summed E-state index contributed by atoms with van der Waals surface area (Å²) in [4.78, 5) is 0. The maximum absolute atomic E-state index is 13.0. The Morgan fingerprint density at radius 3 is 2.59 bits per heavy atom. The van der Waals surface area contributed by atoms with E-state index in [-0.39, 0.29) is 13.2 Å². The molecule has 0 amide bonds. The van der Waals surface area contributed by atoms with Gasteiger partial charge in [-0.3, -0.25) is 0 Å². The van der Waals surface area contributed by atoms with Crippen molar-refractivity contribution in [3.63, 3.8) is 0 Å². The molecule has 1 aromatic rings. The molecule has 96 valence electrons. The Balaban J connectivity index is 2.52. The number of hydrogen-bond donors (Lipinski definition) is 0. The molecule has 0 aliphatic heterocycles. The Hall–Kier alpha value is -0.660. The Kier molecular flexibility index (Phi) is 4.91. The first-order valence-corrected chi connectivity index (χ1v) is 7.43. The van der Waals surface area contributed by atoms with Crippen LogP contribution in [-0.2, 0) is 10.0 Å². The molecule has 7 heteroatoms. The van der Waals surface area contributed by atoms with Gasteiger partial charge in [0.25, 0.3) is 0 Å². The zero-order chi connectivity index (χ0) is 13.1. The van der Waals surface area contributed by atoms with Gasteiger partial charge in [-0.15, -0.1) is 0 Å². The summed E-state index contributed by atoms with van der Waals surface area (Å²) in [5.74, 6) is -0.0513. The molecule has 0 aliphatic rings. The van der Waals surface area contributed by atoms with Gasteiger partial charge in [-0.2, -0.15) is 0 Å². The van der Waals surface area contributed by atoms with Crippen LogP contribution >= 0.6 is 15.9 Å². The smallest absolute Gasteiger partial charge is 0.211 e. The topological polar surface area (TPSA) is 46.6 Å². The highest BCUT2D eigenvalue weighted by Crippen LogP contribution is 2.20. The number of hydrogen-bond acceptors (Lipinski definition) is 3. The zero-order valence-corrected chi connectivity index (χ0v) is 11.9. The minimum absolute atomic E-state index is 0.166. The molecule has 0 aliphatic carbocycles. The third-order valence-electron chi connectivity index (χ3n) is 2.08. The van der Waals surface area contributed by atoms with E-state index < -0.39 is 15.8 Å². The normalized spacial score (nSPS) is 11.8. The summed E-state index contributed by atoms with van der Waals surface area (Å²) >= 11 is 3.14. The lowest BCUT2D eigenvalue weighted by Gasteiger charge is -2.14. The monoisotopic (exact) mass is 325 g/mol. The Morgan fingerprint density at radius 1 is 1.41 bits per heavy atom. The van der Waals surface area contributed by atoms with E-state index in [2.05, 4.69) is 15.9 Å². The molecule has 0 saturated heterocycles. The fraction of sp³-hybridized carbons (Fsp3) is 0.400. The maximum Gasteiger partial charge on any atom is 0.211 e. The molecule has 1 aromatic carbocycles. The van der Waals surface area contributed by atoms with E-state index >= 15 is 0 Å². The van der Waals surface area contributed by atoms with Crippen LogP contribution < -0.4 is 4.74 Å². The molecule has 0 radical (unpaired) electrons. The molecule has 1 rings (SSSR count). The van der Waals surface area contributed by atoms with E-state index in [0.717, 1.165) is 6.26 Å². The van der Waals surface area contributed by atoms with Gasteiger partial charge < -0.3 is 4.74 Å². The number of nitrogens with zero attached hydrogens (tertiary/aromatic N) is 1. The third-order valence-corrected chi connectivity index (χ3v) is 3.85. The van der Waals surface area contributed by atoms with E-state index in [4.69, 9.17) is 4.74 Å². The summed E-state index contributed by atoms with van der Waals surface area (Å²) in [6.45, 7) is 0.381.